The Kier molecular flexibility index (Phi) is 0.549. The zero-order valence-electron chi connectivity index (χ0n) is 3.78. The van der Waals surface area contributed by atoms with Crippen LogP contribution in [-0.2, 0) is 0 Å². The minimum Gasteiger partial charge on any atom is -0.344 e. The van der Waals surface area contributed by atoms with Crippen LogP contribution in [0.1, 0.15) is 12.8 Å². The van der Waals surface area contributed by atoms with E-state index in [0.29, 0.717) is 0 Å². The van der Waals surface area contributed by atoms with Crippen LogP contribution in [0.5, 0.6) is 0 Å². The molecule has 2 aliphatic carbocycles. The number of allylic oxidation sites excluding steroid dienone is 2. The molecule has 1 nitrogen and oxygen atoms in total. The monoisotopic (exact) mass is 83.1 g/mol. The summed E-state index contributed by atoms with van der Waals surface area (Å²) in [5.41, 5.74) is 1.73. The highest BCUT2D eigenvalue weighted by molar-refractivity contribution is 5.36. The Bertz CT molecular complexity index is 94.1. The van der Waals surface area contributed by atoms with E-state index in [9.17, 15) is 0 Å². The Morgan fingerprint density at radius 2 is 2.33 bits per heavy atom. The van der Waals surface area contributed by atoms with Gasteiger partial charge in [0, 0.05) is 0 Å². The Morgan fingerprint density at radius 3 is 2.33 bits per heavy atom. The predicted octanol–water partition coefficient (Wildman–Crippen LogP) is 1.50. The molecule has 3 N–H and O–H groups in total. The van der Waals surface area contributed by atoms with Crippen LogP contribution in [0.2, 0.25) is 0 Å². The van der Waals surface area contributed by atoms with Gasteiger partial charge < -0.3 is 6.15 Å². The molecule has 0 aliphatic heterocycles. The van der Waals surface area contributed by atoms with Crippen molar-refractivity contribution in [3.8, 4) is 0 Å². The molecule has 1 heteroatoms. The topological polar surface area (TPSA) is 35.0 Å². The van der Waals surface area contributed by atoms with Crippen LogP contribution in [0.25, 0.3) is 0 Å². The van der Waals surface area contributed by atoms with Crippen molar-refractivity contribution < 1.29 is 0 Å². The summed E-state index contributed by atoms with van der Waals surface area (Å²) in [5, 5.41) is 0. The lowest BCUT2D eigenvalue weighted by atomic mass is 10.00. The smallest absolute Gasteiger partial charge is 0.00171 e. The third-order valence-corrected chi connectivity index (χ3v) is 1.53. The third-order valence-electron chi connectivity index (χ3n) is 1.53. The normalized spacial score (nSPS) is 34.7. The molecule has 1 atom stereocenters. The SMILES string of the molecule is C1=C2CCC12.N. The van der Waals surface area contributed by atoms with Crippen molar-refractivity contribution in [3.05, 3.63) is 11.6 Å². The lowest BCUT2D eigenvalue weighted by molar-refractivity contribution is 0.641. The van der Waals surface area contributed by atoms with Crippen molar-refractivity contribution >= 4 is 0 Å². The van der Waals surface area contributed by atoms with Crippen molar-refractivity contribution in [3.63, 3.8) is 0 Å². The first kappa shape index (κ1) is 3.88. The first-order chi connectivity index (χ1) is 2.47. The number of rotatable bonds is 0. The highest BCUT2D eigenvalue weighted by Gasteiger charge is 2.32. The Hall–Kier alpha value is -0.300. The molecular weight excluding hydrogens is 74.1 g/mol. The van der Waals surface area contributed by atoms with Gasteiger partial charge in [-0.1, -0.05) is 11.6 Å². The summed E-state index contributed by atoms with van der Waals surface area (Å²) in [4.78, 5) is 0. The molecule has 0 heterocycles. The maximum Gasteiger partial charge on any atom is -0.00171 e. The highest BCUT2D eigenvalue weighted by Crippen LogP contribution is 2.47. The fourth-order valence-corrected chi connectivity index (χ4v) is 0.855. The molecule has 1 fully saturated rings. The summed E-state index contributed by atoms with van der Waals surface area (Å²) in [6, 6.07) is 0. The molecule has 2 rings (SSSR count). The van der Waals surface area contributed by atoms with Gasteiger partial charge >= 0.3 is 0 Å². The first-order valence-corrected chi connectivity index (χ1v) is 2.17. The van der Waals surface area contributed by atoms with E-state index in [1.165, 1.54) is 12.8 Å². The van der Waals surface area contributed by atoms with Gasteiger partial charge in [-0.2, -0.15) is 0 Å². The van der Waals surface area contributed by atoms with E-state index in [2.05, 4.69) is 6.08 Å². The number of fused-ring (bicyclic) bond motifs is 1. The predicted molar refractivity (Wildman–Crippen MR) is 25.8 cm³/mol. The van der Waals surface area contributed by atoms with E-state index in [0.717, 1.165) is 5.92 Å². The van der Waals surface area contributed by atoms with Crippen LogP contribution in [0.15, 0.2) is 11.6 Å². The van der Waals surface area contributed by atoms with Gasteiger partial charge in [0.25, 0.3) is 0 Å². The van der Waals surface area contributed by atoms with Crippen molar-refractivity contribution in [1.82, 2.24) is 6.15 Å². The third kappa shape index (κ3) is 0.236. The fourth-order valence-electron chi connectivity index (χ4n) is 0.855. The minimum absolute atomic E-state index is 0. The van der Waals surface area contributed by atoms with Crippen LogP contribution >= 0.6 is 0 Å². The van der Waals surface area contributed by atoms with Gasteiger partial charge in [-0.15, -0.1) is 0 Å². The fraction of sp³-hybridized carbons (Fsp3) is 0.600. The van der Waals surface area contributed by atoms with E-state index in [4.69, 9.17) is 0 Å². The summed E-state index contributed by atoms with van der Waals surface area (Å²) in [7, 11) is 0. The Morgan fingerprint density at radius 1 is 1.67 bits per heavy atom. The van der Waals surface area contributed by atoms with Crippen molar-refractivity contribution in [2.24, 2.45) is 5.92 Å². The van der Waals surface area contributed by atoms with Crippen molar-refractivity contribution in [2.75, 3.05) is 0 Å². The van der Waals surface area contributed by atoms with Crippen LogP contribution < -0.4 is 6.15 Å². The van der Waals surface area contributed by atoms with Gasteiger partial charge in [0.1, 0.15) is 0 Å². The molecule has 0 radical (unpaired) electrons. The number of hydrogen-bond donors (Lipinski definition) is 1. The highest BCUT2D eigenvalue weighted by atomic mass is 14.4. The number of hydrogen-bond acceptors (Lipinski definition) is 1. The van der Waals surface area contributed by atoms with Crippen LogP contribution in [0.4, 0.5) is 0 Å². The van der Waals surface area contributed by atoms with Crippen LogP contribution in [-0.4, -0.2) is 0 Å². The summed E-state index contributed by atoms with van der Waals surface area (Å²) < 4.78 is 0. The second-order valence-electron chi connectivity index (χ2n) is 1.89. The summed E-state index contributed by atoms with van der Waals surface area (Å²) >= 11 is 0. The molecule has 0 bridgehead atoms. The second kappa shape index (κ2) is 0.850. The summed E-state index contributed by atoms with van der Waals surface area (Å²) in [5.74, 6) is 1.02. The second-order valence-corrected chi connectivity index (χ2v) is 1.89. The molecule has 0 spiro atoms. The summed E-state index contributed by atoms with van der Waals surface area (Å²) in [6.45, 7) is 0. The van der Waals surface area contributed by atoms with Gasteiger partial charge in [-0.05, 0) is 18.8 Å². The lowest BCUT2D eigenvalue weighted by Gasteiger charge is -2.05. The molecular formula is C5H9N. The van der Waals surface area contributed by atoms with Crippen molar-refractivity contribution in [2.45, 2.75) is 12.8 Å². The molecule has 6 heavy (non-hydrogen) atoms. The largest absolute Gasteiger partial charge is 0.344 e. The van der Waals surface area contributed by atoms with Crippen LogP contribution in [0.3, 0.4) is 0 Å². The standard InChI is InChI=1S/C5H6.H3N/c1-2-5-3-4(1)5;/h3-4H,1-2H2;1H3. The molecule has 34 valence electrons. The van der Waals surface area contributed by atoms with Gasteiger partial charge in [0.15, 0.2) is 0 Å². The Balaban J connectivity index is 0.000000180. The summed E-state index contributed by atoms with van der Waals surface area (Å²) in [6.07, 6.45) is 5.25. The van der Waals surface area contributed by atoms with E-state index in [1.807, 2.05) is 0 Å². The van der Waals surface area contributed by atoms with Gasteiger partial charge in [-0.25, -0.2) is 0 Å². The molecule has 1 unspecified atom stereocenters. The molecule has 0 saturated heterocycles. The molecule has 0 amide bonds. The zero-order valence-corrected chi connectivity index (χ0v) is 3.78. The molecule has 0 aromatic heterocycles. The van der Waals surface area contributed by atoms with Gasteiger partial charge in [0.05, 0.1) is 0 Å². The molecule has 2 aliphatic rings. The van der Waals surface area contributed by atoms with Crippen LogP contribution in [0, 0.1) is 5.92 Å². The van der Waals surface area contributed by atoms with E-state index >= 15 is 0 Å². The molecule has 0 aromatic carbocycles. The molecule has 1 saturated carbocycles. The maximum absolute atomic E-state index is 2.36. The zero-order chi connectivity index (χ0) is 3.28. The van der Waals surface area contributed by atoms with Gasteiger partial charge in [0.2, 0.25) is 0 Å². The average Bonchev–Trinajstić information content (AvgIpc) is 1.74. The lowest BCUT2D eigenvalue weighted by Crippen LogP contribution is -1.91. The minimum atomic E-state index is 0. The first-order valence-electron chi connectivity index (χ1n) is 2.17. The average molecular weight is 83.1 g/mol. The maximum atomic E-state index is 2.36. The van der Waals surface area contributed by atoms with E-state index < -0.39 is 0 Å². The van der Waals surface area contributed by atoms with Gasteiger partial charge in [-0.3, -0.25) is 0 Å². The quantitative estimate of drug-likeness (QED) is 0.442. The van der Waals surface area contributed by atoms with E-state index in [-0.39, 0.29) is 6.15 Å². The molecule has 0 aromatic rings. The van der Waals surface area contributed by atoms with Crippen molar-refractivity contribution in [1.29, 1.82) is 0 Å². The Labute approximate surface area is 37.6 Å². The van der Waals surface area contributed by atoms with E-state index in [1.54, 1.807) is 5.57 Å².